The van der Waals surface area contributed by atoms with Crippen LogP contribution in [0, 0.1) is 0 Å². The normalized spacial score (nSPS) is 11.4. The van der Waals surface area contributed by atoms with Crippen molar-refractivity contribution in [3.05, 3.63) is 72.9 Å². The molecule has 0 spiro atoms. The second-order valence-electron chi connectivity index (χ2n) is 6.15. The third-order valence-corrected chi connectivity index (χ3v) is 4.75. The number of rotatable bonds is 3. The van der Waals surface area contributed by atoms with E-state index in [0.29, 0.717) is 0 Å². The third-order valence-electron chi connectivity index (χ3n) is 4.75. The van der Waals surface area contributed by atoms with Gasteiger partial charge in [0.15, 0.2) is 0 Å². The van der Waals surface area contributed by atoms with E-state index in [0.717, 1.165) is 22.6 Å². The fraction of sp³-hybridized carbons (Fsp3) is 0.0455. The van der Waals surface area contributed by atoms with Crippen molar-refractivity contribution in [3.8, 4) is 5.75 Å². The molecule has 0 bridgehead atoms. The fourth-order valence-corrected chi connectivity index (χ4v) is 3.65. The standard InChI is InChI=1S/C22H16N2O/c1-25-19-13-15-6-4-5-14-8-9-16-18(24-20-7-2-3-12-23-20)11-10-17(19)22(16)21(14)15/h2-13H,1H3,(H,23,24). The zero-order valence-corrected chi connectivity index (χ0v) is 13.8. The topological polar surface area (TPSA) is 34.1 Å². The van der Waals surface area contributed by atoms with Crippen molar-refractivity contribution in [1.82, 2.24) is 4.98 Å². The van der Waals surface area contributed by atoms with Gasteiger partial charge >= 0.3 is 0 Å². The summed E-state index contributed by atoms with van der Waals surface area (Å²) in [6.07, 6.45) is 1.79. The number of ether oxygens (including phenoxy) is 1. The maximum absolute atomic E-state index is 5.66. The van der Waals surface area contributed by atoms with E-state index in [9.17, 15) is 0 Å². The second kappa shape index (κ2) is 5.35. The van der Waals surface area contributed by atoms with Crippen molar-refractivity contribution in [2.24, 2.45) is 0 Å². The van der Waals surface area contributed by atoms with Crippen molar-refractivity contribution < 1.29 is 4.74 Å². The van der Waals surface area contributed by atoms with Crippen molar-refractivity contribution in [2.45, 2.75) is 0 Å². The Balaban J connectivity index is 1.87. The molecule has 3 nitrogen and oxygen atoms in total. The maximum atomic E-state index is 5.66. The molecular formula is C22H16N2O. The highest BCUT2D eigenvalue weighted by molar-refractivity contribution is 6.26. The Kier molecular flexibility index (Phi) is 3.01. The Hall–Kier alpha value is -3.33. The highest BCUT2D eigenvalue weighted by Gasteiger charge is 2.14. The fourth-order valence-electron chi connectivity index (χ4n) is 3.65. The lowest BCUT2D eigenvalue weighted by atomic mass is 9.93. The summed E-state index contributed by atoms with van der Waals surface area (Å²) in [7, 11) is 1.73. The van der Waals surface area contributed by atoms with Crippen LogP contribution in [0.1, 0.15) is 0 Å². The summed E-state index contributed by atoms with van der Waals surface area (Å²) in [5, 5.41) is 10.7. The summed E-state index contributed by atoms with van der Waals surface area (Å²) in [5.41, 5.74) is 1.05. The molecule has 25 heavy (non-hydrogen) atoms. The number of pyridine rings is 1. The predicted molar refractivity (Wildman–Crippen MR) is 104 cm³/mol. The van der Waals surface area contributed by atoms with E-state index in [1.54, 1.807) is 13.3 Å². The molecule has 0 saturated heterocycles. The van der Waals surface area contributed by atoms with E-state index in [1.807, 2.05) is 18.2 Å². The molecule has 0 aliphatic heterocycles. The number of nitrogens with one attached hydrogen (secondary N) is 1. The second-order valence-corrected chi connectivity index (χ2v) is 6.15. The molecule has 1 N–H and O–H groups in total. The molecule has 0 radical (unpaired) electrons. The average Bonchev–Trinajstić information content (AvgIpc) is 2.67. The minimum atomic E-state index is 0.837. The van der Waals surface area contributed by atoms with E-state index in [4.69, 9.17) is 4.74 Å². The molecule has 0 aliphatic carbocycles. The van der Waals surface area contributed by atoms with Crippen LogP contribution in [-0.4, -0.2) is 12.1 Å². The molecule has 120 valence electrons. The number of anilines is 2. The molecule has 0 saturated carbocycles. The van der Waals surface area contributed by atoms with E-state index < -0.39 is 0 Å². The Morgan fingerprint density at radius 3 is 2.52 bits per heavy atom. The van der Waals surface area contributed by atoms with E-state index in [2.05, 4.69) is 58.8 Å². The SMILES string of the molecule is COc1cc2cccc3ccc4c(Nc5ccccn5)ccc1c4c32. The molecule has 5 rings (SSSR count). The van der Waals surface area contributed by atoms with E-state index >= 15 is 0 Å². The first-order valence-electron chi connectivity index (χ1n) is 8.28. The van der Waals surface area contributed by atoms with Gasteiger partial charge in [0.05, 0.1) is 7.11 Å². The number of hydrogen-bond donors (Lipinski definition) is 1. The van der Waals surface area contributed by atoms with Gasteiger partial charge in [-0.05, 0) is 46.5 Å². The first-order chi connectivity index (χ1) is 12.3. The van der Waals surface area contributed by atoms with Crippen LogP contribution in [0.5, 0.6) is 5.75 Å². The molecule has 4 aromatic carbocycles. The number of benzene rings is 4. The van der Waals surface area contributed by atoms with Gasteiger partial charge in [-0.2, -0.15) is 0 Å². The summed E-state index contributed by atoms with van der Waals surface area (Å²) < 4.78 is 5.66. The number of methoxy groups -OCH3 is 1. The molecule has 0 amide bonds. The first kappa shape index (κ1) is 14.1. The van der Waals surface area contributed by atoms with Crippen LogP contribution < -0.4 is 10.1 Å². The van der Waals surface area contributed by atoms with Gasteiger partial charge in [0.1, 0.15) is 11.6 Å². The molecule has 1 aromatic heterocycles. The smallest absolute Gasteiger partial charge is 0.130 e. The van der Waals surface area contributed by atoms with Gasteiger partial charge in [-0.1, -0.05) is 36.4 Å². The van der Waals surface area contributed by atoms with Crippen LogP contribution in [0.4, 0.5) is 11.5 Å². The van der Waals surface area contributed by atoms with Crippen molar-refractivity contribution >= 4 is 43.8 Å². The first-order valence-corrected chi connectivity index (χ1v) is 8.28. The zero-order valence-electron chi connectivity index (χ0n) is 13.8. The largest absolute Gasteiger partial charge is 0.496 e. The summed E-state index contributed by atoms with van der Waals surface area (Å²) in [4.78, 5) is 4.38. The summed E-state index contributed by atoms with van der Waals surface area (Å²) in [5.74, 6) is 1.74. The highest BCUT2D eigenvalue weighted by Crippen LogP contribution is 2.42. The third kappa shape index (κ3) is 2.09. The van der Waals surface area contributed by atoms with Gasteiger partial charge in [-0.3, -0.25) is 0 Å². The average molecular weight is 324 g/mol. The lowest BCUT2D eigenvalue weighted by Crippen LogP contribution is -1.96. The van der Waals surface area contributed by atoms with Crippen molar-refractivity contribution in [1.29, 1.82) is 0 Å². The van der Waals surface area contributed by atoms with E-state index in [-0.39, 0.29) is 0 Å². The Morgan fingerprint density at radius 1 is 0.800 bits per heavy atom. The summed E-state index contributed by atoms with van der Waals surface area (Å²) in [6, 6.07) is 23.0. The zero-order chi connectivity index (χ0) is 16.8. The minimum Gasteiger partial charge on any atom is -0.496 e. The van der Waals surface area contributed by atoms with Gasteiger partial charge < -0.3 is 10.1 Å². The molecular weight excluding hydrogens is 308 g/mol. The lowest BCUT2D eigenvalue weighted by molar-refractivity contribution is 0.420. The molecule has 1 heterocycles. The lowest BCUT2D eigenvalue weighted by Gasteiger charge is -2.17. The van der Waals surface area contributed by atoms with Crippen LogP contribution in [0.15, 0.2) is 72.9 Å². The molecule has 5 aromatic rings. The van der Waals surface area contributed by atoms with Gasteiger partial charge in [-0.15, -0.1) is 0 Å². The molecule has 0 unspecified atom stereocenters. The highest BCUT2D eigenvalue weighted by atomic mass is 16.5. The van der Waals surface area contributed by atoms with Gasteiger partial charge in [0.2, 0.25) is 0 Å². The van der Waals surface area contributed by atoms with Crippen LogP contribution in [-0.2, 0) is 0 Å². The molecule has 0 atom stereocenters. The minimum absolute atomic E-state index is 0.837. The Morgan fingerprint density at radius 2 is 1.68 bits per heavy atom. The molecule has 0 aliphatic rings. The van der Waals surface area contributed by atoms with Gasteiger partial charge in [0, 0.05) is 28.0 Å². The number of aromatic nitrogens is 1. The van der Waals surface area contributed by atoms with Crippen LogP contribution in [0.2, 0.25) is 0 Å². The quantitative estimate of drug-likeness (QED) is 0.430. The molecule has 0 fully saturated rings. The Labute approximate surface area is 145 Å². The summed E-state index contributed by atoms with van der Waals surface area (Å²) >= 11 is 0. The van der Waals surface area contributed by atoms with Crippen molar-refractivity contribution in [2.75, 3.05) is 12.4 Å². The maximum Gasteiger partial charge on any atom is 0.130 e. The van der Waals surface area contributed by atoms with Crippen LogP contribution >= 0.6 is 0 Å². The van der Waals surface area contributed by atoms with Crippen molar-refractivity contribution in [3.63, 3.8) is 0 Å². The van der Waals surface area contributed by atoms with Gasteiger partial charge in [-0.25, -0.2) is 4.98 Å². The van der Waals surface area contributed by atoms with E-state index in [1.165, 1.54) is 26.9 Å². The predicted octanol–water partition coefficient (Wildman–Crippen LogP) is 5.73. The molecule has 3 heteroatoms. The summed E-state index contributed by atoms with van der Waals surface area (Å²) in [6.45, 7) is 0. The number of nitrogens with zero attached hydrogens (tertiary/aromatic N) is 1. The monoisotopic (exact) mass is 324 g/mol. The van der Waals surface area contributed by atoms with Crippen LogP contribution in [0.25, 0.3) is 32.3 Å². The number of hydrogen-bond acceptors (Lipinski definition) is 3. The van der Waals surface area contributed by atoms with Gasteiger partial charge in [0.25, 0.3) is 0 Å². The van der Waals surface area contributed by atoms with Crippen LogP contribution in [0.3, 0.4) is 0 Å². The Bertz CT molecular complexity index is 1200.